The number of aryl methyl sites for hydroxylation is 1. The summed E-state index contributed by atoms with van der Waals surface area (Å²) in [4.78, 5) is 14.4. The maximum absolute atomic E-state index is 12.2. The minimum Gasteiger partial charge on any atom is -0.497 e. The Morgan fingerprint density at radius 2 is 1.82 bits per heavy atom. The molecular weight excluding hydrogens is 274 g/mol. The van der Waals surface area contributed by atoms with Gasteiger partial charge in [0.15, 0.2) is 0 Å². The van der Waals surface area contributed by atoms with Crippen LogP contribution in [-0.4, -0.2) is 31.0 Å². The molecule has 3 heteroatoms. The minimum absolute atomic E-state index is 0.357. The molecular formula is C19H27NO2. The summed E-state index contributed by atoms with van der Waals surface area (Å²) in [5.41, 5.74) is 1.38. The predicted molar refractivity (Wildman–Crippen MR) is 88.0 cm³/mol. The third kappa shape index (κ3) is 3.63. The van der Waals surface area contributed by atoms with Crippen molar-refractivity contribution in [2.45, 2.75) is 44.9 Å². The predicted octanol–water partition coefficient (Wildman–Crippen LogP) is 3.67. The summed E-state index contributed by atoms with van der Waals surface area (Å²) in [6.45, 7) is 1.95. The van der Waals surface area contributed by atoms with Crippen LogP contribution in [0, 0.1) is 11.8 Å². The molecule has 120 valence electrons. The van der Waals surface area contributed by atoms with E-state index in [4.69, 9.17) is 4.74 Å². The van der Waals surface area contributed by atoms with Crippen molar-refractivity contribution in [2.75, 3.05) is 20.2 Å². The number of piperidine rings is 1. The van der Waals surface area contributed by atoms with E-state index in [1.807, 2.05) is 12.1 Å². The number of hydrogen-bond donors (Lipinski definition) is 0. The molecule has 22 heavy (non-hydrogen) atoms. The summed E-state index contributed by atoms with van der Waals surface area (Å²) < 4.78 is 5.19. The van der Waals surface area contributed by atoms with Gasteiger partial charge in [0, 0.05) is 19.0 Å². The highest BCUT2D eigenvalue weighted by molar-refractivity contribution is 5.79. The van der Waals surface area contributed by atoms with Gasteiger partial charge in [-0.15, -0.1) is 0 Å². The van der Waals surface area contributed by atoms with Gasteiger partial charge in [-0.25, -0.2) is 0 Å². The van der Waals surface area contributed by atoms with Gasteiger partial charge in [-0.3, -0.25) is 4.79 Å². The van der Waals surface area contributed by atoms with Gasteiger partial charge in [0.2, 0.25) is 5.91 Å². The molecule has 1 aromatic rings. The highest BCUT2D eigenvalue weighted by Gasteiger charge is 2.31. The van der Waals surface area contributed by atoms with Gasteiger partial charge in [-0.2, -0.15) is 0 Å². The number of nitrogens with zero attached hydrogens (tertiary/aromatic N) is 1. The summed E-state index contributed by atoms with van der Waals surface area (Å²) in [6, 6.07) is 8.40. The molecule has 2 fully saturated rings. The fraction of sp³-hybridized carbons (Fsp3) is 0.632. The van der Waals surface area contributed by atoms with Gasteiger partial charge in [0.1, 0.15) is 5.75 Å². The first-order chi connectivity index (χ1) is 10.8. The monoisotopic (exact) mass is 301 g/mol. The molecule has 1 saturated heterocycles. The second-order valence-corrected chi connectivity index (χ2v) is 6.78. The van der Waals surface area contributed by atoms with E-state index in [0.29, 0.717) is 11.8 Å². The molecule has 1 aromatic carbocycles. The summed E-state index contributed by atoms with van der Waals surface area (Å²) in [5.74, 6) is 2.48. The number of hydrogen-bond acceptors (Lipinski definition) is 2. The average Bonchev–Trinajstić information content (AvgIpc) is 2.52. The molecule has 1 saturated carbocycles. The van der Waals surface area contributed by atoms with Crippen LogP contribution in [0.15, 0.2) is 24.3 Å². The van der Waals surface area contributed by atoms with E-state index in [1.165, 1.54) is 31.2 Å². The molecule has 0 radical (unpaired) electrons. The Hall–Kier alpha value is -1.51. The van der Waals surface area contributed by atoms with E-state index in [0.717, 1.165) is 44.0 Å². The van der Waals surface area contributed by atoms with Crippen molar-refractivity contribution in [3.05, 3.63) is 29.8 Å². The number of amides is 1. The molecule has 0 bridgehead atoms. The number of carbonyl (C=O) groups excluding carboxylic acids is 1. The Bertz CT molecular complexity index is 485. The molecule has 0 atom stereocenters. The van der Waals surface area contributed by atoms with E-state index in [9.17, 15) is 4.79 Å². The summed E-state index contributed by atoms with van der Waals surface area (Å²) in [5, 5.41) is 0. The van der Waals surface area contributed by atoms with Crippen LogP contribution in [0.2, 0.25) is 0 Å². The zero-order valence-electron chi connectivity index (χ0n) is 13.6. The van der Waals surface area contributed by atoms with Crippen LogP contribution in [0.5, 0.6) is 5.75 Å². The topological polar surface area (TPSA) is 29.5 Å². The molecule has 2 aliphatic rings. The normalized spacial score (nSPS) is 19.8. The highest BCUT2D eigenvalue weighted by Crippen LogP contribution is 2.30. The fourth-order valence-corrected chi connectivity index (χ4v) is 3.52. The Labute approximate surface area is 133 Å². The number of benzene rings is 1. The number of rotatable bonds is 5. The third-order valence-electron chi connectivity index (χ3n) is 5.38. The van der Waals surface area contributed by atoms with Crippen LogP contribution in [0.4, 0.5) is 0 Å². The van der Waals surface area contributed by atoms with Crippen LogP contribution < -0.4 is 4.74 Å². The zero-order chi connectivity index (χ0) is 15.4. The Balaban J connectivity index is 1.40. The van der Waals surface area contributed by atoms with Crippen molar-refractivity contribution in [3.8, 4) is 5.75 Å². The van der Waals surface area contributed by atoms with Crippen LogP contribution in [0.3, 0.4) is 0 Å². The summed E-state index contributed by atoms with van der Waals surface area (Å²) in [7, 11) is 1.70. The standard InChI is InChI=1S/C19H27NO2/c1-22-18-9-7-15(8-10-18)5-6-16-11-13-20(14-12-16)19(21)17-3-2-4-17/h7-10,16-17H,2-6,11-14H2,1H3. The van der Waals surface area contributed by atoms with Crippen molar-refractivity contribution >= 4 is 5.91 Å². The van der Waals surface area contributed by atoms with Crippen molar-refractivity contribution in [1.82, 2.24) is 4.90 Å². The van der Waals surface area contributed by atoms with Crippen LogP contribution >= 0.6 is 0 Å². The van der Waals surface area contributed by atoms with Crippen molar-refractivity contribution in [1.29, 1.82) is 0 Å². The maximum Gasteiger partial charge on any atom is 0.225 e. The number of carbonyl (C=O) groups is 1. The van der Waals surface area contributed by atoms with Gasteiger partial charge in [0.25, 0.3) is 0 Å². The fourth-order valence-electron chi connectivity index (χ4n) is 3.52. The van der Waals surface area contributed by atoms with Gasteiger partial charge in [-0.05, 0) is 62.1 Å². The Kier molecular flexibility index (Phi) is 5.01. The van der Waals surface area contributed by atoms with Crippen LogP contribution in [-0.2, 0) is 11.2 Å². The number of ether oxygens (including phenoxy) is 1. The molecule has 0 spiro atoms. The highest BCUT2D eigenvalue weighted by atomic mass is 16.5. The first-order valence-electron chi connectivity index (χ1n) is 8.68. The van der Waals surface area contributed by atoms with Crippen molar-refractivity contribution in [2.24, 2.45) is 11.8 Å². The quantitative estimate of drug-likeness (QED) is 0.830. The van der Waals surface area contributed by atoms with E-state index in [1.54, 1.807) is 7.11 Å². The van der Waals surface area contributed by atoms with E-state index in [-0.39, 0.29) is 0 Å². The Morgan fingerprint density at radius 3 is 2.36 bits per heavy atom. The van der Waals surface area contributed by atoms with Gasteiger partial charge in [-0.1, -0.05) is 18.6 Å². The lowest BCUT2D eigenvalue weighted by atomic mass is 9.83. The molecule has 1 heterocycles. The minimum atomic E-state index is 0.357. The molecule has 1 aliphatic heterocycles. The molecule has 3 nitrogen and oxygen atoms in total. The molecule has 1 amide bonds. The second kappa shape index (κ2) is 7.17. The van der Waals surface area contributed by atoms with Gasteiger partial charge in [0.05, 0.1) is 7.11 Å². The smallest absolute Gasteiger partial charge is 0.225 e. The average molecular weight is 301 g/mol. The number of methoxy groups -OCH3 is 1. The van der Waals surface area contributed by atoms with Crippen molar-refractivity contribution < 1.29 is 9.53 Å². The van der Waals surface area contributed by atoms with Crippen molar-refractivity contribution in [3.63, 3.8) is 0 Å². The lowest BCUT2D eigenvalue weighted by Crippen LogP contribution is -2.43. The molecule has 0 N–H and O–H groups in total. The Morgan fingerprint density at radius 1 is 1.14 bits per heavy atom. The van der Waals surface area contributed by atoms with Gasteiger partial charge >= 0.3 is 0 Å². The molecule has 3 rings (SSSR count). The van der Waals surface area contributed by atoms with E-state index >= 15 is 0 Å². The molecule has 0 aromatic heterocycles. The SMILES string of the molecule is COc1ccc(CCC2CCN(C(=O)C3CCC3)CC2)cc1. The van der Waals surface area contributed by atoms with Crippen LogP contribution in [0.1, 0.15) is 44.1 Å². The molecule has 0 unspecified atom stereocenters. The third-order valence-corrected chi connectivity index (χ3v) is 5.38. The maximum atomic E-state index is 12.2. The van der Waals surface area contributed by atoms with E-state index in [2.05, 4.69) is 17.0 Å². The first kappa shape index (κ1) is 15.4. The summed E-state index contributed by atoms with van der Waals surface area (Å²) >= 11 is 0. The van der Waals surface area contributed by atoms with Crippen LogP contribution in [0.25, 0.3) is 0 Å². The van der Waals surface area contributed by atoms with Gasteiger partial charge < -0.3 is 9.64 Å². The summed E-state index contributed by atoms with van der Waals surface area (Å²) in [6.07, 6.45) is 8.20. The first-order valence-corrected chi connectivity index (χ1v) is 8.68. The van der Waals surface area contributed by atoms with E-state index < -0.39 is 0 Å². The lowest BCUT2D eigenvalue weighted by Gasteiger charge is -2.36. The lowest BCUT2D eigenvalue weighted by molar-refractivity contribution is -0.139. The zero-order valence-corrected chi connectivity index (χ0v) is 13.6. The molecule has 1 aliphatic carbocycles. The number of likely N-dealkylation sites (tertiary alicyclic amines) is 1. The largest absolute Gasteiger partial charge is 0.497 e. The second-order valence-electron chi connectivity index (χ2n) is 6.78.